The molecule has 0 aromatic carbocycles. The van der Waals surface area contributed by atoms with Crippen molar-refractivity contribution in [2.75, 3.05) is 0 Å². The van der Waals surface area contributed by atoms with Gasteiger partial charge in [0.1, 0.15) is 0 Å². The van der Waals surface area contributed by atoms with Crippen LogP contribution in [0.4, 0.5) is 0 Å². The number of hydrogen-bond donors (Lipinski definition) is 1. The number of sulfonamides is 1. The van der Waals surface area contributed by atoms with Crippen LogP contribution in [0.1, 0.15) is 19.8 Å². The Hall–Kier alpha value is -1.62. The third-order valence-electron chi connectivity index (χ3n) is 2.04. The number of pyridine rings is 1. The van der Waals surface area contributed by atoms with Crippen molar-refractivity contribution >= 4 is 10.0 Å². The maximum absolute atomic E-state index is 11.9. The van der Waals surface area contributed by atoms with Gasteiger partial charge >= 0.3 is 0 Å². The molecule has 5 heteroatoms. The van der Waals surface area contributed by atoms with Crippen LogP contribution in [-0.4, -0.2) is 13.4 Å². The molecule has 0 unspecified atom stereocenters. The van der Waals surface area contributed by atoms with Crippen LogP contribution in [0.5, 0.6) is 0 Å². The molecule has 0 aliphatic rings. The number of allylic oxidation sites excluding steroid dienone is 2. The van der Waals surface area contributed by atoms with Crippen LogP contribution >= 0.6 is 0 Å². The van der Waals surface area contributed by atoms with E-state index in [0.29, 0.717) is 5.70 Å². The lowest BCUT2D eigenvalue weighted by molar-refractivity contribution is 0.585. The summed E-state index contributed by atoms with van der Waals surface area (Å²) in [5, 5.41) is 0.00393. The van der Waals surface area contributed by atoms with E-state index in [1.165, 1.54) is 18.3 Å². The van der Waals surface area contributed by atoms with E-state index in [-0.39, 0.29) is 5.03 Å². The van der Waals surface area contributed by atoms with Crippen LogP contribution in [0.3, 0.4) is 0 Å². The SMILES string of the molecule is C=CC(=CCCC)NS(=O)(=O)c1ccccn1. The fourth-order valence-electron chi connectivity index (χ4n) is 1.18. The van der Waals surface area contributed by atoms with Crippen molar-refractivity contribution in [1.29, 1.82) is 0 Å². The summed E-state index contributed by atoms with van der Waals surface area (Å²) in [6.07, 6.45) is 6.47. The van der Waals surface area contributed by atoms with Crippen molar-refractivity contribution < 1.29 is 8.42 Å². The third-order valence-corrected chi connectivity index (χ3v) is 3.33. The van der Waals surface area contributed by atoms with Crippen molar-refractivity contribution in [2.24, 2.45) is 0 Å². The van der Waals surface area contributed by atoms with Gasteiger partial charge in [0.15, 0.2) is 5.03 Å². The summed E-state index contributed by atoms with van der Waals surface area (Å²) in [5.41, 5.74) is 0.484. The number of nitrogens with one attached hydrogen (secondary N) is 1. The maximum atomic E-state index is 11.9. The van der Waals surface area contributed by atoms with Crippen molar-refractivity contribution in [3.8, 4) is 0 Å². The minimum absolute atomic E-state index is 0.00393. The molecular weight excluding hydrogens is 236 g/mol. The highest BCUT2D eigenvalue weighted by atomic mass is 32.2. The highest BCUT2D eigenvalue weighted by Gasteiger charge is 2.14. The van der Waals surface area contributed by atoms with E-state index >= 15 is 0 Å². The molecule has 0 aliphatic carbocycles. The smallest absolute Gasteiger partial charge is 0.279 e. The first-order valence-electron chi connectivity index (χ1n) is 5.36. The lowest BCUT2D eigenvalue weighted by Gasteiger charge is -2.07. The zero-order valence-corrected chi connectivity index (χ0v) is 10.6. The number of unbranched alkanes of at least 4 members (excludes halogenated alkanes) is 1. The molecule has 0 radical (unpaired) electrons. The summed E-state index contributed by atoms with van der Waals surface area (Å²) >= 11 is 0. The molecule has 0 aliphatic heterocycles. The molecule has 1 rings (SSSR count). The monoisotopic (exact) mass is 252 g/mol. The Bertz CT molecular complexity index is 492. The first-order valence-corrected chi connectivity index (χ1v) is 6.85. The Morgan fingerprint density at radius 3 is 2.82 bits per heavy atom. The molecule has 0 amide bonds. The first-order chi connectivity index (χ1) is 8.10. The lowest BCUT2D eigenvalue weighted by Crippen LogP contribution is -2.23. The van der Waals surface area contributed by atoms with Gasteiger partial charge in [-0.1, -0.05) is 32.1 Å². The molecule has 1 aromatic heterocycles. The molecule has 0 spiro atoms. The van der Waals surface area contributed by atoms with E-state index < -0.39 is 10.0 Å². The third kappa shape index (κ3) is 4.03. The van der Waals surface area contributed by atoms with Gasteiger partial charge in [0, 0.05) is 11.9 Å². The molecule has 0 fully saturated rings. The summed E-state index contributed by atoms with van der Waals surface area (Å²) in [4.78, 5) is 3.81. The van der Waals surface area contributed by atoms with E-state index in [4.69, 9.17) is 0 Å². The molecule has 17 heavy (non-hydrogen) atoms. The molecule has 0 atom stereocenters. The molecule has 92 valence electrons. The molecule has 1 aromatic rings. The van der Waals surface area contributed by atoms with Crippen LogP contribution < -0.4 is 4.72 Å². The van der Waals surface area contributed by atoms with E-state index in [2.05, 4.69) is 16.3 Å². The van der Waals surface area contributed by atoms with Gasteiger partial charge < -0.3 is 0 Å². The van der Waals surface area contributed by atoms with Gasteiger partial charge in [0.05, 0.1) is 0 Å². The summed E-state index contributed by atoms with van der Waals surface area (Å²) in [6.45, 7) is 5.59. The van der Waals surface area contributed by atoms with Gasteiger partial charge in [0.2, 0.25) is 0 Å². The van der Waals surface area contributed by atoms with Crippen LogP contribution in [0.15, 0.2) is 53.8 Å². The van der Waals surface area contributed by atoms with Gasteiger partial charge in [-0.3, -0.25) is 4.72 Å². The standard InChI is InChI=1S/C12H16N2O2S/c1-3-5-8-11(4-2)14-17(15,16)12-9-6-7-10-13-12/h4,6-10,14H,2-3,5H2,1H3. The quantitative estimate of drug-likeness (QED) is 0.790. The molecule has 1 N–H and O–H groups in total. The first kappa shape index (κ1) is 13.4. The average Bonchev–Trinajstić information content (AvgIpc) is 2.35. The maximum Gasteiger partial charge on any atom is 0.279 e. The summed E-state index contributed by atoms with van der Waals surface area (Å²) in [6, 6.07) is 4.74. The number of nitrogens with zero attached hydrogens (tertiary/aromatic N) is 1. The largest absolute Gasteiger partial charge is 0.279 e. The Morgan fingerprint density at radius 1 is 1.53 bits per heavy atom. The Kier molecular flexibility index (Phi) is 4.90. The van der Waals surface area contributed by atoms with Crippen LogP contribution in [0, 0.1) is 0 Å². The molecule has 0 saturated heterocycles. The predicted octanol–water partition coefficient (Wildman–Crippen LogP) is 2.23. The van der Waals surface area contributed by atoms with Crippen LogP contribution in [-0.2, 0) is 10.0 Å². The zero-order valence-electron chi connectivity index (χ0n) is 9.76. The highest BCUT2D eigenvalue weighted by Crippen LogP contribution is 2.07. The van der Waals surface area contributed by atoms with Gasteiger partial charge in [-0.25, -0.2) is 4.98 Å². The molecule has 4 nitrogen and oxygen atoms in total. The molecule has 0 saturated carbocycles. The predicted molar refractivity (Wildman–Crippen MR) is 67.7 cm³/mol. The molecule has 1 heterocycles. The number of aromatic nitrogens is 1. The Balaban J connectivity index is 2.90. The number of hydrogen-bond acceptors (Lipinski definition) is 3. The summed E-state index contributed by atoms with van der Waals surface area (Å²) < 4.78 is 26.3. The minimum Gasteiger partial charge on any atom is -0.279 e. The van der Waals surface area contributed by atoms with Crippen LogP contribution in [0.2, 0.25) is 0 Å². The average molecular weight is 252 g/mol. The Labute approximate surface area is 102 Å². The fraction of sp³-hybridized carbons (Fsp3) is 0.250. The van der Waals surface area contributed by atoms with Gasteiger partial charge in [-0.2, -0.15) is 8.42 Å². The van der Waals surface area contributed by atoms with Gasteiger partial charge in [-0.15, -0.1) is 0 Å². The second-order valence-corrected chi connectivity index (χ2v) is 5.06. The zero-order chi connectivity index (χ0) is 12.7. The normalized spacial score (nSPS) is 12.2. The molecular formula is C12H16N2O2S. The van der Waals surface area contributed by atoms with Crippen molar-refractivity contribution in [3.05, 3.63) is 48.8 Å². The van der Waals surface area contributed by atoms with Crippen molar-refractivity contribution in [1.82, 2.24) is 9.71 Å². The van der Waals surface area contributed by atoms with Crippen molar-refractivity contribution in [3.63, 3.8) is 0 Å². The van der Waals surface area contributed by atoms with E-state index in [1.807, 2.05) is 6.92 Å². The summed E-state index contributed by atoms with van der Waals surface area (Å²) in [7, 11) is -3.60. The second kappa shape index (κ2) is 6.20. The van der Waals surface area contributed by atoms with Gasteiger partial charge in [0.25, 0.3) is 10.0 Å². The Morgan fingerprint density at radius 2 is 2.29 bits per heavy atom. The number of rotatable bonds is 6. The second-order valence-electron chi connectivity index (χ2n) is 3.43. The molecule has 0 bridgehead atoms. The van der Waals surface area contributed by atoms with Gasteiger partial charge in [-0.05, 0) is 24.6 Å². The summed E-state index contributed by atoms with van der Waals surface area (Å²) in [5.74, 6) is 0. The lowest BCUT2D eigenvalue weighted by atomic mass is 10.3. The van der Waals surface area contributed by atoms with E-state index in [0.717, 1.165) is 12.8 Å². The fourth-order valence-corrected chi connectivity index (χ4v) is 2.22. The van der Waals surface area contributed by atoms with Crippen LogP contribution in [0.25, 0.3) is 0 Å². The highest BCUT2D eigenvalue weighted by molar-refractivity contribution is 7.89. The van der Waals surface area contributed by atoms with E-state index in [9.17, 15) is 8.42 Å². The van der Waals surface area contributed by atoms with Crippen molar-refractivity contribution in [2.45, 2.75) is 24.8 Å². The van der Waals surface area contributed by atoms with E-state index in [1.54, 1.807) is 18.2 Å². The minimum atomic E-state index is -3.60. The topological polar surface area (TPSA) is 59.1 Å².